The lowest BCUT2D eigenvalue weighted by molar-refractivity contribution is -0.115. The van der Waals surface area contributed by atoms with Crippen molar-refractivity contribution in [3.8, 4) is 0 Å². The Balaban J connectivity index is 1.91. The lowest BCUT2D eigenvalue weighted by Gasteiger charge is -2.17. The monoisotopic (exact) mass is 453 g/mol. The number of anilines is 1. The molecule has 2 N–H and O–H groups in total. The van der Waals surface area contributed by atoms with E-state index in [0.717, 1.165) is 23.9 Å². The molecule has 3 aromatic rings. The highest BCUT2D eigenvalue weighted by molar-refractivity contribution is 8.00. The Labute approximate surface area is 179 Å². The van der Waals surface area contributed by atoms with Crippen LogP contribution in [0.1, 0.15) is 13.8 Å². The number of aromatic nitrogens is 2. The van der Waals surface area contributed by atoms with Crippen molar-refractivity contribution in [2.45, 2.75) is 36.9 Å². The lowest BCUT2D eigenvalue weighted by Crippen LogP contribution is -2.29. The van der Waals surface area contributed by atoms with Crippen molar-refractivity contribution in [3.63, 3.8) is 0 Å². The molecule has 30 heavy (non-hydrogen) atoms. The number of nitrogens with zero attached hydrogens (tertiary/aromatic N) is 2. The Bertz CT molecular complexity index is 1170. The largest absolute Gasteiger partial charge is 0.392 e. The molecule has 6 nitrogen and oxygen atoms in total. The maximum atomic E-state index is 13.4. The number of aliphatic hydroxyl groups is 1. The van der Waals surface area contributed by atoms with Crippen molar-refractivity contribution in [2.24, 2.45) is 0 Å². The molecular formula is C20H18ClF2N3O3S. The Hall–Kier alpha value is -2.49. The van der Waals surface area contributed by atoms with Crippen LogP contribution in [-0.2, 0) is 11.3 Å². The van der Waals surface area contributed by atoms with Gasteiger partial charge in [0.15, 0.2) is 16.8 Å². The minimum absolute atomic E-state index is 0.00968. The third kappa shape index (κ3) is 4.97. The maximum Gasteiger partial charge on any atom is 0.262 e. The smallest absolute Gasteiger partial charge is 0.262 e. The van der Waals surface area contributed by atoms with Crippen molar-refractivity contribution >= 4 is 45.9 Å². The number of hydrogen-bond acceptors (Lipinski definition) is 5. The standard InChI is InChI=1S/C20H18ClF2N3O3S/c1-10(27)9-26-19(29)14-5-3-12(21)7-17(14)25-20(26)30-11(2)18(28)24-13-4-6-15(22)16(23)8-13/h3-8,10-11,27H,9H2,1-2H3,(H,24,28). The van der Waals surface area contributed by atoms with Gasteiger partial charge in [-0.25, -0.2) is 13.8 Å². The Kier molecular flexibility index (Phi) is 6.74. The SMILES string of the molecule is CC(O)Cn1c(SC(C)C(=O)Nc2ccc(F)c(F)c2)nc2cc(Cl)ccc2c1=O. The van der Waals surface area contributed by atoms with Gasteiger partial charge < -0.3 is 10.4 Å². The number of hydrogen-bond donors (Lipinski definition) is 2. The maximum absolute atomic E-state index is 13.4. The van der Waals surface area contributed by atoms with Gasteiger partial charge in [-0.3, -0.25) is 14.2 Å². The van der Waals surface area contributed by atoms with Crippen LogP contribution in [-0.4, -0.2) is 31.9 Å². The second-order valence-corrected chi connectivity index (χ2v) is 8.44. The minimum Gasteiger partial charge on any atom is -0.392 e. The molecule has 0 fully saturated rings. The van der Waals surface area contributed by atoms with Crippen LogP contribution in [0.15, 0.2) is 46.3 Å². The predicted molar refractivity (Wildman–Crippen MR) is 113 cm³/mol. The van der Waals surface area contributed by atoms with Gasteiger partial charge in [0.05, 0.1) is 28.8 Å². The molecule has 1 aromatic heterocycles. The predicted octanol–water partition coefficient (Wildman–Crippen LogP) is 3.83. The molecule has 2 aromatic carbocycles. The highest BCUT2D eigenvalue weighted by atomic mass is 35.5. The fourth-order valence-corrected chi connectivity index (χ4v) is 3.80. The number of benzene rings is 2. The number of carbonyl (C=O) groups is 1. The topological polar surface area (TPSA) is 84.2 Å². The first-order chi connectivity index (χ1) is 14.2. The van der Waals surface area contributed by atoms with Crippen molar-refractivity contribution in [1.29, 1.82) is 0 Å². The minimum atomic E-state index is -1.08. The molecule has 0 radical (unpaired) electrons. The van der Waals surface area contributed by atoms with Gasteiger partial charge >= 0.3 is 0 Å². The molecule has 0 aliphatic rings. The average molecular weight is 454 g/mol. The number of aliphatic hydroxyl groups excluding tert-OH is 1. The van der Waals surface area contributed by atoms with E-state index in [9.17, 15) is 23.5 Å². The molecule has 0 aliphatic carbocycles. The van der Waals surface area contributed by atoms with E-state index < -0.39 is 28.9 Å². The fourth-order valence-electron chi connectivity index (χ4n) is 2.72. The highest BCUT2D eigenvalue weighted by Crippen LogP contribution is 2.25. The van der Waals surface area contributed by atoms with E-state index >= 15 is 0 Å². The Morgan fingerprint density at radius 1 is 1.23 bits per heavy atom. The number of halogens is 3. The summed E-state index contributed by atoms with van der Waals surface area (Å²) in [5.41, 5.74) is 0.101. The van der Waals surface area contributed by atoms with Crippen molar-refractivity contribution < 1.29 is 18.7 Å². The van der Waals surface area contributed by atoms with Crippen LogP contribution < -0.4 is 10.9 Å². The summed E-state index contributed by atoms with van der Waals surface area (Å²) in [7, 11) is 0. The van der Waals surface area contributed by atoms with Gasteiger partial charge in [-0.1, -0.05) is 23.4 Å². The molecule has 0 saturated heterocycles. The van der Waals surface area contributed by atoms with Crippen molar-refractivity contribution in [2.75, 3.05) is 5.32 Å². The van der Waals surface area contributed by atoms with Gasteiger partial charge in [-0.15, -0.1) is 0 Å². The average Bonchev–Trinajstić information content (AvgIpc) is 2.67. The first-order valence-corrected chi connectivity index (χ1v) is 10.2. The Morgan fingerprint density at radius 3 is 2.63 bits per heavy atom. The van der Waals surface area contributed by atoms with E-state index in [1.165, 1.54) is 17.6 Å². The zero-order valence-corrected chi connectivity index (χ0v) is 17.6. The van der Waals surface area contributed by atoms with E-state index in [1.54, 1.807) is 25.1 Å². The Morgan fingerprint density at radius 2 is 1.97 bits per heavy atom. The van der Waals surface area contributed by atoms with Gasteiger partial charge in [0.25, 0.3) is 5.56 Å². The third-order valence-electron chi connectivity index (χ3n) is 4.17. The summed E-state index contributed by atoms with van der Waals surface area (Å²) in [6.45, 7) is 3.11. The first kappa shape index (κ1) is 22.2. The van der Waals surface area contributed by atoms with Crippen LogP contribution in [0.3, 0.4) is 0 Å². The van der Waals surface area contributed by atoms with E-state index in [2.05, 4.69) is 10.3 Å². The molecule has 158 valence electrons. The number of carbonyl (C=O) groups excluding carboxylic acids is 1. The molecular weight excluding hydrogens is 436 g/mol. The van der Waals surface area contributed by atoms with Crippen LogP contribution in [0.2, 0.25) is 5.02 Å². The number of rotatable bonds is 6. The molecule has 3 rings (SSSR count). The summed E-state index contributed by atoms with van der Waals surface area (Å²) in [6, 6.07) is 7.71. The summed E-state index contributed by atoms with van der Waals surface area (Å²) < 4.78 is 27.7. The summed E-state index contributed by atoms with van der Waals surface area (Å²) in [5, 5.41) is 12.5. The zero-order valence-electron chi connectivity index (χ0n) is 16.0. The first-order valence-electron chi connectivity index (χ1n) is 8.96. The zero-order chi connectivity index (χ0) is 22.0. The van der Waals surface area contributed by atoms with Gasteiger partial charge in [-0.05, 0) is 44.2 Å². The molecule has 1 amide bonds. The summed E-state index contributed by atoms with van der Waals surface area (Å²) >= 11 is 7.00. The number of nitrogens with one attached hydrogen (secondary N) is 1. The summed E-state index contributed by atoms with van der Waals surface area (Å²) in [5.74, 6) is -2.58. The molecule has 0 saturated carbocycles. The van der Waals surface area contributed by atoms with Gasteiger partial charge in [0, 0.05) is 16.8 Å². The van der Waals surface area contributed by atoms with Gasteiger partial charge in [0.2, 0.25) is 5.91 Å². The molecule has 0 aliphatic heterocycles. The normalized spacial score (nSPS) is 13.3. The summed E-state index contributed by atoms with van der Waals surface area (Å²) in [6.07, 6.45) is -0.820. The third-order valence-corrected chi connectivity index (χ3v) is 5.49. The number of amides is 1. The second-order valence-electron chi connectivity index (χ2n) is 6.70. The molecule has 0 bridgehead atoms. The summed E-state index contributed by atoms with van der Waals surface area (Å²) in [4.78, 5) is 29.8. The molecule has 1 heterocycles. The number of fused-ring (bicyclic) bond motifs is 1. The van der Waals surface area contributed by atoms with Crippen LogP contribution in [0.4, 0.5) is 14.5 Å². The fraction of sp³-hybridized carbons (Fsp3) is 0.250. The molecule has 0 spiro atoms. The van der Waals surface area contributed by atoms with E-state index in [0.29, 0.717) is 15.9 Å². The molecule has 10 heteroatoms. The van der Waals surface area contributed by atoms with Gasteiger partial charge in [-0.2, -0.15) is 0 Å². The van der Waals surface area contributed by atoms with E-state index in [1.807, 2.05) is 0 Å². The molecule has 2 atom stereocenters. The second kappa shape index (κ2) is 9.11. The van der Waals surface area contributed by atoms with Gasteiger partial charge in [0.1, 0.15) is 0 Å². The molecule has 2 unspecified atom stereocenters. The lowest BCUT2D eigenvalue weighted by atomic mass is 10.2. The van der Waals surface area contributed by atoms with Crippen molar-refractivity contribution in [1.82, 2.24) is 9.55 Å². The van der Waals surface area contributed by atoms with Crippen LogP contribution in [0.5, 0.6) is 0 Å². The van der Waals surface area contributed by atoms with E-state index in [4.69, 9.17) is 11.6 Å². The van der Waals surface area contributed by atoms with Crippen LogP contribution in [0, 0.1) is 11.6 Å². The van der Waals surface area contributed by atoms with Crippen molar-refractivity contribution in [3.05, 3.63) is 63.4 Å². The van der Waals surface area contributed by atoms with Crippen LogP contribution >= 0.6 is 23.4 Å². The quantitative estimate of drug-likeness (QED) is 0.438. The van der Waals surface area contributed by atoms with E-state index in [-0.39, 0.29) is 22.9 Å². The highest BCUT2D eigenvalue weighted by Gasteiger charge is 2.21. The number of thioether (sulfide) groups is 1. The van der Waals surface area contributed by atoms with Crippen LogP contribution in [0.25, 0.3) is 10.9 Å².